The number of hydrogen-bond donors (Lipinski definition) is 0. The van der Waals surface area contributed by atoms with Crippen molar-refractivity contribution in [1.29, 1.82) is 0 Å². The highest BCUT2D eigenvalue weighted by Crippen LogP contribution is 2.52. The molecule has 0 aliphatic heterocycles. The first-order valence-electron chi connectivity index (χ1n) is 14.3. The molecule has 0 unspecified atom stereocenters. The number of allylic oxidation sites excluding steroid dienone is 1. The fourth-order valence-electron chi connectivity index (χ4n) is 3.69. The lowest BCUT2D eigenvalue weighted by molar-refractivity contribution is 0.0436. The van der Waals surface area contributed by atoms with Crippen LogP contribution in [0.5, 0.6) is 23.0 Å². The molecule has 0 amide bonds. The molecule has 0 radical (unpaired) electrons. The Kier molecular flexibility index (Phi) is 9.96. The van der Waals surface area contributed by atoms with Crippen molar-refractivity contribution in [3.8, 4) is 23.0 Å². The monoisotopic (exact) mass is 568 g/mol. The van der Waals surface area contributed by atoms with Gasteiger partial charge >= 0.3 is 0 Å². The van der Waals surface area contributed by atoms with Gasteiger partial charge in [-0.05, 0) is 122 Å². The van der Waals surface area contributed by atoms with E-state index in [0.29, 0.717) is 17.2 Å². The Bertz CT molecular complexity index is 1220. The first-order valence-corrected chi connectivity index (χ1v) is 14.3. The van der Waals surface area contributed by atoms with Crippen LogP contribution in [0.2, 0.25) is 0 Å². The van der Waals surface area contributed by atoms with Gasteiger partial charge in [-0.25, -0.2) is 0 Å². The lowest BCUT2D eigenvalue weighted by Crippen LogP contribution is -2.31. The quantitative estimate of drug-likeness (QED) is 0.180. The average molecular weight is 569 g/mol. The second-order valence-electron chi connectivity index (χ2n) is 15.2. The Hall–Kier alpha value is -3.15. The van der Waals surface area contributed by atoms with Gasteiger partial charge in [0.25, 0.3) is 0 Å². The Morgan fingerprint density at radius 3 is 1.44 bits per heavy atom. The molecule has 0 aliphatic carbocycles. The highest BCUT2D eigenvalue weighted by molar-refractivity contribution is 6.12. The van der Waals surface area contributed by atoms with E-state index in [9.17, 15) is 4.79 Å². The minimum absolute atomic E-state index is 0.176. The van der Waals surface area contributed by atoms with Crippen LogP contribution in [-0.2, 0) is 4.74 Å². The highest BCUT2D eigenvalue weighted by Gasteiger charge is 2.36. The molecule has 0 aromatic heterocycles. The number of carbonyl (C=O) groups is 1. The third-order valence-corrected chi connectivity index (χ3v) is 4.78. The van der Waals surface area contributed by atoms with Crippen molar-refractivity contribution >= 4 is 11.9 Å². The molecule has 2 aromatic carbocycles. The zero-order chi connectivity index (χ0) is 31.6. The third kappa shape index (κ3) is 11.7. The molecule has 0 N–H and O–H groups in total. The Morgan fingerprint density at radius 2 is 1.00 bits per heavy atom. The van der Waals surface area contributed by atoms with Gasteiger partial charge in [0.05, 0.1) is 5.56 Å². The summed E-state index contributed by atoms with van der Waals surface area (Å²) in [7, 11) is 0. The summed E-state index contributed by atoms with van der Waals surface area (Å²) < 4.78 is 32.3. The minimum atomic E-state index is -0.662. The molecular formula is C35H52O6. The van der Waals surface area contributed by atoms with Crippen molar-refractivity contribution in [1.82, 2.24) is 0 Å². The van der Waals surface area contributed by atoms with Crippen molar-refractivity contribution in [3.63, 3.8) is 0 Å². The van der Waals surface area contributed by atoms with Crippen LogP contribution in [0.3, 0.4) is 0 Å². The van der Waals surface area contributed by atoms with Crippen LogP contribution >= 0.6 is 0 Å². The normalized spacial score (nSPS) is 13.5. The molecule has 0 saturated heterocycles. The third-order valence-electron chi connectivity index (χ3n) is 4.78. The van der Waals surface area contributed by atoms with Crippen molar-refractivity contribution < 1.29 is 28.5 Å². The molecule has 2 rings (SSSR count). The minimum Gasteiger partial charge on any atom is -0.484 e. The first kappa shape index (κ1) is 34.1. The number of Topliss-reactive ketones (excluding diaryl/α,β-unsaturated/α-hetero) is 1. The van der Waals surface area contributed by atoms with E-state index in [1.807, 2.05) is 134 Å². The number of hydrogen-bond acceptors (Lipinski definition) is 6. The van der Waals surface area contributed by atoms with Crippen LogP contribution in [0.15, 0.2) is 42.2 Å². The molecule has 228 valence electrons. The molecule has 0 spiro atoms. The van der Waals surface area contributed by atoms with E-state index >= 15 is 0 Å². The van der Waals surface area contributed by atoms with Crippen LogP contribution in [0, 0.1) is 0 Å². The molecule has 6 heteroatoms. The number of ketones is 1. The molecule has 0 heterocycles. The van der Waals surface area contributed by atoms with Crippen LogP contribution < -0.4 is 18.9 Å². The summed E-state index contributed by atoms with van der Waals surface area (Å²) in [6, 6.07) is 11.3. The van der Waals surface area contributed by atoms with Gasteiger partial charge in [-0.3, -0.25) is 4.79 Å². The number of rotatable bonds is 8. The fraction of sp³-hybridized carbons (Fsp3) is 0.571. The van der Waals surface area contributed by atoms with Gasteiger partial charge in [-0.1, -0.05) is 30.3 Å². The Labute approximate surface area is 248 Å². The lowest BCUT2D eigenvalue weighted by atomic mass is 10.0. The SMILES string of the molecule is CC(C)(C)O/C(=C\c1ccccc1)C(=O)c1cc(OC(C)(C)C)c(OC(C)(C)C)c(OC(C)(C)C)c1OC(C)(C)C. The summed E-state index contributed by atoms with van der Waals surface area (Å²) in [4.78, 5) is 14.5. The second-order valence-corrected chi connectivity index (χ2v) is 15.2. The molecule has 0 aliphatic rings. The highest BCUT2D eigenvalue weighted by atomic mass is 16.6. The van der Waals surface area contributed by atoms with E-state index in [0.717, 1.165) is 5.56 Å². The maximum Gasteiger partial charge on any atom is 0.231 e. The van der Waals surface area contributed by atoms with Gasteiger partial charge in [-0.15, -0.1) is 0 Å². The van der Waals surface area contributed by atoms with E-state index in [2.05, 4.69) is 0 Å². The van der Waals surface area contributed by atoms with E-state index < -0.39 is 28.0 Å². The zero-order valence-corrected chi connectivity index (χ0v) is 28.0. The van der Waals surface area contributed by atoms with Gasteiger partial charge in [0.2, 0.25) is 17.3 Å². The van der Waals surface area contributed by atoms with Crippen LogP contribution in [0.4, 0.5) is 0 Å². The lowest BCUT2D eigenvalue weighted by Gasteiger charge is -2.34. The standard InChI is InChI=1S/C35H52O6/c1-31(2,3)37-25(21-23-19-17-16-18-20-23)27(36)24-22-26(38-32(4,5)6)29(40-34(10,11)12)30(41-35(13,14)15)28(24)39-33(7,8)9/h16-22H,1-15H3/b25-21-. The molecule has 41 heavy (non-hydrogen) atoms. The number of benzene rings is 2. The predicted molar refractivity (Wildman–Crippen MR) is 168 cm³/mol. The Morgan fingerprint density at radius 1 is 0.561 bits per heavy atom. The summed E-state index contributed by atoms with van der Waals surface area (Å²) in [6.07, 6.45) is 1.75. The van der Waals surface area contributed by atoms with Crippen LogP contribution in [0.25, 0.3) is 6.08 Å². The van der Waals surface area contributed by atoms with Crippen LogP contribution in [-0.4, -0.2) is 33.8 Å². The summed E-state index contributed by atoms with van der Waals surface area (Å²) in [5.74, 6) is 1.16. The molecule has 0 fully saturated rings. The van der Waals surface area contributed by atoms with E-state index in [-0.39, 0.29) is 22.9 Å². The first-order chi connectivity index (χ1) is 18.3. The van der Waals surface area contributed by atoms with E-state index in [1.54, 1.807) is 12.1 Å². The van der Waals surface area contributed by atoms with E-state index in [4.69, 9.17) is 23.7 Å². The van der Waals surface area contributed by atoms with Gasteiger partial charge < -0.3 is 23.7 Å². The molecule has 0 atom stereocenters. The smallest absolute Gasteiger partial charge is 0.231 e. The van der Waals surface area contributed by atoms with Gasteiger partial charge in [0.1, 0.15) is 28.0 Å². The van der Waals surface area contributed by atoms with Gasteiger partial charge in [0.15, 0.2) is 17.3 Å². The maximum atomic E-state index is 14.5. The predicted octanol–water partition coefficient (Wildman–Crippen LogP) is 9.43. The van der Waals surface area contributed by atoms with E-state index in [1.165, 1.54) is 0 Å². The van der Waals surface area contributed by atoms with Crippen molar-refractivity contribution in [2.24, 2.45) is 0 Å². The second kappa shape index (κ2) is 12.0. The number of ether oxygens (including phenoxy) is 5. The molecular weight excluding hydrogens is 516 g/mol. The van der Waals surface area contributed by atoms with Gasteiger partial charge in [0, 0.05) is 0 Å². The van der Waals surface area contributed by atoms with Crippen molar-refractivity contribution in [3.05, 3.63) is 53.3 Å². The summed E-state index contributed by atoms with van der Waals surface area (Å²) in [5, 5.41) is 0. The summed E-state index contributed by atoms with van der Waals surface area (Å²) >= 11 is 0. The zero-order valence-electron chi connectivity index (χ0n) is 28.0. The Balaban J connectivity index is 3.05. The molecule has 2 aromatic rings. The topological polar surface area (TPSA) is 63.2 Å². The number of carbonyl (C=O) groups excluding carboxylic acids is 1. The maximum absolute atomic E-state index is 14.5. The molecule has 0 saturated carbocycles. The fourth-order valence-corrected chi connectivity index (χ4v) is 3.69. The summed E-state index contributed by atoms with van der Waals surface area (Å²) in [5.41, 5.74) is -2.03. The van der Waals surface area contributed by atoms with Gasteiger partial charge in [-0.2, -0.15) is 0 Å². The molecule has 0 bridgehead atoms. The van der Waals surface area contributed by atoms with Crippen LogP contribution in [0.1, 0.15) is 120 Å². The van der Waals surface area contributed by atoms with Crippen molar-refractivity contribution in [2.75, 3.05) is 0 Å². The average Bonchev–Trinajstić information content (AvgIpc) is 2.73. The summed E-state index contributed by atoms with van der Waals surface area (Å²) in [6.45, 7) is 29.0. The van der Waals surface area contributed by atoms with Crippen molar-refractivity contribution in [2.45, 2.75) is 132 Å². The molecule has 6 nitrogen and oxygen atoms in total. The largest absolute Gasteiger partial charge is 0.484 e.